The molecule has 1 N–H and O–H groups in total. The Morgan fingerprint density at radius 2 is 1.71 bits per heavy atom. The van der Waals surface area contributed by atoms with Crippen LogP contribution in [0.2, 0.25) is 0 Å². The Morgan fingerprint density at radius 1 is 1.00 bits per heavy atom. The number of anilines is 1. The third-order valence-corrected chi connectivity index (χ3v) is 6.57. The molecule has 2 aliphatic rings. The highest BCUT2D eigenvalue weighted by molar-refractivity contribution is 6.24. The fourth-order valence-corrected chi connectivity index (χ4v) is 4.96. The number of ether oxygens (including phenoxy) is 4. The summed E-state index contributed by atoms with van der Waals surface area (Å²) in [4.78, 5) is 41.8. The highest BCUT2D eigenvalue weighted by Gasteiger charge is 2.67. The average molecular weight is 469 g/mol. The SMILES string of the molecule is CCOC(=O)[C@]1(C)N[C@@H](c2cc(OC)ccc2OC)[C@H]2C(=O)N(c3cccc(OC)c3)C(=O)[C@@H]21. The second-order valence-corrected chi connectivity index (χ2v) is 8.37. The van der Waals surface area contributed by atoms with E-state index in [9.17, 15) is 14.4 Å². The summed E-state index contributed by atoms with van der Waals surface area (Å²) in [5.41, 5.74) is -0.440. The second kappa shape index (κ2) is 8.98. The predicted octanol–water partition coefficient (Wildman–Crippen LogP) is 2.48. The summed E-state index contributed by atoms with van der Waals surface area (Å²) in [5.74, 6) is -1.77. The highest BCUT2D eigenvalue weighted by Crippen LogP contribution is 2.52. The second-order valence-electron chi connectivity index (χ2n) is 8.37. The molecule has 2 saturated heterocycles. The Balaban J connectivity index is 1.86. The van der Waals surface area contributed by atoms with E-state index in [2.05, 4.69) is 5.32 Å². The molecule has 0 bridgehead atoms. The predicted molar refractivity (Wildman–Crippen MR) is 123 cm³/mol. The largest absolute Gasteiger partial charge is 0.497 e. The Morgan fingerprint density at radius 3 is 2.35 bits per heavy atom. The van der Waals surface area contributed by atoms with Crippen LogP contribution < -0.4 is 24.4 Å². The van der Waals surface area contributed by atoms with Crippen molar-refractivity contribution >= 4 is 23.5 Å². The zero-order chi connectivity index (χ0) is 24.6. The number of carbonyl (C=O) groups excluding carboxylic acids is 3. The van der Waals surface area contributed by atoms with Gasteiger partial charge in [-0.15, -0.1) is 0 Å². The van der Waals surface area contributed by atoms with Crippen LogP contribution in [0, 0.1) is 11.8 Å². The van der Waals surface area contributed by atoms with Crippen LogP contribution in [0.25, 0.3) is 0 Å². The lowest BCUT2D eigenvalue weighted by Gasteiger charge is -2.29. The fourth-order valence-electron chi connectivity index (χ4n) is 4.96. The number of amides is 2. The standard InChI is InChI=1S/C25H28N2O7/c1-6-34-24(30)25(2)20-19(21(26-25)17-13-16(32-4)10-11-18(17)33-5)22(28)27(23(20)29)14-8-7-9-15(12-14)31-3/h7-13,19-21,26H,6H2,1-5H3/t19-,20+,21-,25+/m0/s1. The number of carbonyl (C=O) groups is 3. The smallest absolute Gasteiger partial charge is 0.326 e. The average Bonchev–Trinajstić information content (AvgIpc) is 3.31. The van der Waals surface area contributed by atoms with Crippen LogP contribution in [0.3, 0.4) is 0 Å². The molecule has 4 rings (SSSR count). The maximum atomic E-state index is 13.8. The van der Waals surface area contributed by atoms with Crippen molar-refractivity contribution < 1.29 is 33.3 Å². The summed E-state index contributed by atoms with van der Waals surface area (Å²) >= 11 is 0. The van der Waals surface area contributed by atoms with Crippen molar-refractivity contribution in [1.29, 1.82) is 0 Å². The Kier molecular flexibility index (Phi) is 6.22. The molecular formula is C25H28N2O7. The fraction of sp³-hybridized carbons (Fsp3) is 0.400. The zero-order valence-corrected chi connectivity index (χ0v) is 19.8. The molecule has 34 heavy (non-hydrogen) atoms. The van der Waals surface area contributed by atoms with E-state index in [1.54, 1.807) is 56.3 Å². The first-order chi connectivity index (χ1) is 16.3. The van der Waals surface area contributed by atoms with E-state index in [1.165, 1.54) is 21.3 Å². The molecule has 0 unspecified atom stereocenters. The van der Waals surface area contributed by atoms with E-state index >= 15 is 0 Å². The van der Waals surface area contributed by atoms with Gasteiger partial charge in [-0.2, -0.15) is 0 Å². The molecule has 0 aliphatic carbocycles. The minimum atomic E-state index is -1.43. The molecule has 180 valence electrons. The number of hydrogen-bond acceptors (Lipinski definition) is 8. The van der Waals surface area contributed by atoms with Crippen molar-refractivity contribution in [3.05, 3.63) is 48.0 Å². The van der Waals surface area contributed by atoms with Crippen LogP contribution in [0.5, 0.6) is 17.2 Å². The zero-order valence-electron chi connectivity index (χ0n) is 19.8. The molecule has 2 aliphatic heterocycles. The lowest BCUT2D eigenvalue weighted by Crippen LogP contribution is -2.54. The highest BCUT2D eigenvalue weighted by atomic mass is 16.5. The Bertz CT molecular complexity index is 1130. The van der Waals surface area contributed by atoms with Gasteiger partial charge in [-0.3, -0.25) is 19.7 Å². The van der Waals surface area contributed by atoms with Crippen molar-refractivity contribution in [1.82, 2.24) is 5.32 Å². The van der Waals surface area contributed by atoms with E-state index in [1.807, 2.05) is 0 Å². The van der Waals surface area contributed by atoms with E-state index < -0.39 is 41.2 Å². The molecule has 4 atom stereocenters. The minimum absolute atomic E-state index is 0.141. The van der Waals surface area contributed by atoms with Gasteiger partial charge in [0.05, 0.1) is 45.5 Å². The van der Waals surface area contributed by atoms with E-state index in [4.69, 9.17) is 18.9 Å². The first-order valence-corrected chi connectivity index (χ1v) is 11.0. The summed E-state index contributed by atoms with van der Waals surface area (Å²) in [6.07, 6.45) is 0. The molecule has 0 spiro atoms. The molecule has 9 heteroatoms. The van der Waals surface area contributed by atoms with Gasteiger partial charge in [-0.1, -0.05) is 6.07 Å². The molecule has 2 aromatic carbocycles. The number of nitrogens with zero attached hydrogens (tertiary/aromatic N) is 1. The van der Waals surface area contributed by atoms with Gasteiger partial charge in [-0.25, -0.2) is 4.90 Å². The van der Waals surface area contributed by atoms with Crippen LogP contribution >= 0.6 is 0 Å². The van der Waals surface area contributed by atoms with Gasteiger partial charge in [0, 0.05) is 17.7 Å². The normalized spacial score (nSPS) is 25.8. The van der Waals surface area contributed by atoms with Crippen molar-refractivity contribution in [2.45, 2.75) is 25.4 Å². The summed E-state index contributed by atoms with van der Waals surface area (Å²) in [6.45, 7) is 3.44. The van der Waals surface area contributed by atoms with Crippen molar-refractivity contribution in [2.75, 3.05) is 32.8 Å². The molecule has 2 aromatic rings. The van der Waals surface area contributed by atoms with E-state index in [-0.39, 0.29) is 6.61 Å². The number of rotatable bonds is 7. The topological polar surface area (TPSA) is 103 Å². The molecule has 2 amide bonds. The van der Waals surface area contributed by atoms with Crippen LogP contribution in [0.15, 0.2) is 42.5 Å². The number of nitrogens with one attached hydrogen (secondary N) is 1. The molecule has 9 nitrogen and oxygen atoms in total. The van der Waals surface area contributed by atoms with Gasteiger partial charge in [0.1, 0.15) is 22.8 Å². The molecule has 0 saturated carbocycles. The van der Waals surface area contributed by atoms with Crippen molar-refractivity contribution in [2.24, 2.45) is 11.8 Å². The van der Waals surface area contributed by atoms with Gasteiger partial charge < -0.3 is 18.9 Å². The molecule has 0 aromatic heterocycles. The number of fused-ring (bicyclic) bond motifs is 1. The van der Waals surface area contributed by atoms with E-state index in [0.717, 1.165) is 4.90 Å². The lowest BCUT2D eigenvalue weighted by atomic mass is 9.80. The van der Waals surface area contributed by atoms with Gasteiger partial charge >= 0.3 is 5.97 Å². The number of imide groups is 1. The van der Waals surface area contributed by atoms with Crippen LogP contribution in [0.1, 0.15) is 25.5 Å². The molecule has 2 fully saturated rings. The maximum Gasteiger partial charge on any atom is 0.326 e. The summed E-state index contributed by atoms with van der Waals surface area (Å²) in [7, 11) is 4.56. The number of hydrogen-bond donors (Lipinski definition) is 1. The lowest BCUT2D eigenvalue weighted by molar-refractivity contribution is -0.153. The first-order valence-electron chi connectivity index (χ1n) is 11.0. The number of benzene rings is 2. The van der Waals surface area contributed by atoms with Crippen LogP contribution in [-0.2, 0) is 19.1 Å². The Labute approximate surface area is 197 Å². The maximum absolute atomic E-state index is 13.8. The third kappa shape index (κ3) is 3.56. The monoisotopic (exact) mass is 468 g/mol. The third-order valence-electron chi connectivity index (χ3n) is 6.57. The number of methoxy groups -OCH3 is 3. The van der Waals surface area contributed by atoms with Crippen LogP contribution in [0.4, 0.5) is 5.69 Å². The molecule has 0 radical (unpaired) electrons. The van der Waals surface area contributed by atoms with Crippen molar-refractivity contribution in [3.8, 4) is 17.2 Å². The summed E-state index contributed by atoms with van der Waals surface area (Å²) in [6, 6.07) is 11.2. The van der Waals surface area contributed by atoms with Crippen molar-refractivity contribution in [3.63, 3.8) is 0 Å². The van der Waals surface area contributed by atoms with Gasteiger partial charge in [0.15, 0.2) is 0 Å². The van der Waals surface area contributed by atoms with Crippen LogP contribution in [-0.4, -0.2) is 51.3 Å². The molecule has 2 heterocycles. The molecular weight excluding hydrogens is 440 g/mol. The minimum Gasteiger partial charge on any atom is -0.497 e. The first kappa shape index (κ1) is 23.6. The van der Waals surface area contributed by atoms with Gasteiger partial charge in [0.2, 0.25) is 11.8 Å². The van der Waals surface area contributed by atoms with Gasteiger partial charge in [0.25, 0.3) is 0 Å². The quantitative estimate of drug-likeness (QED) is 0.488. The van der Waals surface area contributed by atoms with E-state index in [0.29, 0.717) is 28.5 Å². The Hall–Kier alpha value is -3.59. The number of esters is 1. The summed E-state index contributed by atoms with van der Waals surface area (Å²) in [5, 5.41) is 3.25. The van der Waals surface area contributed by atoms with Gasteiger partial charge in [-0.05, 0) is 44.2 Å². The summed E-state index contributed by atoms with van der Waals surface area (Å²) < 4.78 is 21.5.